The topological polar surface area (TPSA) is 70.2 Å². The third-order valence-electron chi connectivity index (χ3n) is 3.70. The van der Waals surface area contributed by atoms with Crippen molar-refractivity contribution in [2.75, 3.05) is 25.0 Å². The zero-order chi connectivity index (χ0) is 15.1. The first kappa shape index (κ1) is 18.5. The number of hydrogen-bond acceptors (Lipinski definition) is 3. The van der Waals surface area contributed by atoms with Gasteiger partial charge in [-0.3, -0.25) is 9.59 Å². The van der Waals surface area contributed by atoms with Gasteiger partial charge in [-0.2, -0.15) is 0 Å². The number of carbonyl (C=O) groups is 2. The summed E-state index contributed by atoms with van der Waals surface area (Å²) in [6, 6.07) is 6.92. The summed E-state index contributed by atoms with van der Waals surface area (Å²) < 4.78 is 0. The third kappa shape index (κ3) is 6.03. The fourth-order valence-electron chi connectivity index (χ4n) is 2.57. The number of halogens is 1. The van der Waals surface area contributed by atoms with Crippen molar-refractivity contribution in [1.29, 1.82) is 0 Å². The van der Waals surface area contributed by atoms with Crippen LogP contribution >= 0.6 is 12.4 Å². The number of nitrogens with one attached hydrogen (secondary N) is 3. The van der Waals surface area contributed by atoms with Crippen LogP contribution in [0, 0.1) is 5.92 Å². The fourth-order valence-corrected chi connectivity index (χ4v) is 2.57. The van der Waals surface area contributed by atoms with Crippen molar-refractivity contribution in [3.63, 3.8) is 0 Å². The van der Waals surface area contributed by atoms with Gasteiger partial charge in [0.05, 0.1) is 0 Å². The highest BCUT2D eigenvalue weighted by atomic mass is 35.5. The van der Waals surface area contributed by atoms with Crippen LogP contribution in [-0.4, -0.2) is 31.4 Å². The normalized spacial score (nSPS) is 17.2. The maximum Gasteiger partial charge on any atom is 0.251 e. The van der Waals surface area contributed by atoms with Gasteiger partial charge in [0.25, 0.3) is 5.91 Å². The molecule has 1 aliphatic heterocycles. The maximum absolute atomic E-state index is 12.0. The van der Waals surface area contributed by atoms with E-state index in [9.17, 15) is 9.59 Å². The van der Waals surface area contributed by atoms with E-state index in [1.165, 1.54) is 19.8 Å². The average molecular weight is 326 g/mol. The van der Waals surface area contributed by atoms with Gasteiger partial charge in [0, 0.05) is 24.7 Å². The number of rotatable bonds is 5. The number of carbonyl (C=O) groups excluding carboxylic acids is 2. The highest BCUT2D eigenvalue weighted by molar-refractivity contribution is 5.95. The minimum atomic E-state index is -0.117. The van der Waals surface area contributed by atoms with Crippen LogP contribution < -0.4 is 16.0 Å². The molecule has 1 fully saturated rings. The van der Waals surface area contributed by atoms with E-state index in [1.54, 1.807) is 24.3 Å². The lowest BCUT2D eigenvalue weighted by atomic mass is 9.96. The molecule has 6 heteroatoms. The van der Waals surface area contributed by atoms with E-state index in [0.29, 0.717) is 23.7 Å². The highest BCUT2D eigenvalue weighted by Gasteiger charge is 2.13. The second-order valence-corrected chi connectivity index (χ2v) is 5.52. The summed E-state index contributed by atoms with van der Waals surface area (Å²) >= 11 is 0. The Balaban J connectivity index is 0.00000242. The van der Waals surface area contributed by atoms with Crippen molar-refractivity contribution in [1.82, 2.24) is 10.6 Å². The number of anilines is 1. The minimum absolute atomic E-state index is 0. The molecule has 1 aromatic carbocycles. The third-order valence-corrected chi connectivity index (χ3v) is 3.70. The molecule has 1 unspecified atom stereocenters. The molecular weight excluding hydrogens is 302 g/mol. The molecule has 3 N–H and O–H groups in total. The molecule has 2 rings (SSSR count). The van der Waals surface area contributed by atoms with Gasteiger partial charge in [-0.05, 0) is 62.5 Å². The molecule has 2 amide bonds. The van der Waals surface area contributed by atoms with Gasteiger partial charge in [0.1, 0.15) is 0 Å². The summed E-state index contributed by atoms with van der Waals surface area (Å²) in [5, 5.41) is 9.01. The molecule has 1 aromatic rings. The summed E-state index contributed by atoms with van der Waals surface area (Å²) in [7, 11) is 0. The molecule has 1 saturated heterocycles. The quantitative estimate of drug-likeness (QED) is 0.777. The lowest BCUT2D eigenvalue weighted by Gasteiger charge is -2.22. The summed E-state index contributed by atoms with van der Waals surface area (Å²) in [6.45, 7) is 4.34. The fraction of sp³-hybridized carbons (Fsp3) is 0.500. The molecule has 0 aromatic heterocycles. The standard InChI is InChI=1S/C16H23N3O2.ClH/c1-12(20)19-15-6-4-14(5-7-15)16(21)18-10-8-13-3-2-9-17-11-13;/h4-7,13,17H,2-3,8-11H2,1H3,(H,18,21)(H,19,20);1H. The molecule has 0 aliphatic carbocycles. The van der Waals surface area contributed by atoms with Crippen LogP contribution in [-0.2, 0) is 4.79 Å². The van der Waals surface area contributed by atoms with E-state index in [2.05, 4.69) is 16.0 Å². The molecule has 1 heterocycles. The number of benzene rings is 1. The Bertz CT molecular complexity index is 485. The second-order valence-electron chi connectivity index (χ2n) is 5.52. The van der Waals surface area contributed by atoms with Crippen molar-refractivity contribution in [3.8, 4) is 0 Å². The van der Waals surface area contributed by atoms with Crippen molar-refractivity contribution < 1.29 is 9.59 Å². The Morgan fingerprint density at radius 1 is 1.27 bits per heavy atom. The molecule has 0 spiro atoms. The Morgan fingerprint density at radius 2 is 2.00 bits per heavy atom. The molecule has 0 radical (unpaired) electrons. The van der Waals surface area contributed by atoms with Gasteiger partial charge < -0.3 is 16.0 Å². The molecule has 5 nitrogen and oxygen atoms in total. The Morgan fingerprint density at radius 3 is 2.59 bits per heavy atom. The van der Waals surface area contributed by atoms with Crippen LogP contribution in [0.15, 0.2) is 24.3 Å². The van der Waals surface area contributed by atoms with Crippen LogP contribution in [0.4, 0.5) is 5.69 Å². The summed E-state index contributed by atoms with van der Waals surface area (Å²) in [6.07, 6.45) is 3.49. The minimum Gasteiger partial charge on any atom is -0.352 e. The van der Waals surface area contributed by atoms with Gasteiger partial charge in [-0.15, -0.1) is 12.4 Å². The predicted molar refractivity (Wildman–Crippen MR) is 90.5 cm³/mol. The molecular formula is C16H24ClN3O2. The van der Waals surface area contributed by atoms with E-state index in [1.807, 2.05) is 0 Å². The summed E-state index contributed by atoms with van der Waals surface area (Å²) in [5.41, 5.74) is 1.32. The van der Waals surface area contributed by atoms with Crippen LogP contribution in [0.3, 0.4) is 0 Å². The van der Waals surface area contributed by atoms with E-state index in [4.69, 9.17) is 0 Å². The first-order valence-electron chi connectivity index (χ1n) is 7.52. The predicted octanol–water partition coefficient (Wildman–Crippen LogP) is 2.19. The van der Waals surface area contributed by atoms with Crippen molar-refractivity contribution >= 4 is 29.9 Å². The lowest BCUT2D eigenvalue weighted by Crippen LogP contribution is -2.33. The lowest BCUT2D eigenvalue weighted by molar-refractivity contribution is -0.114. The molecule has 1 aliphatic rings. The Labute approximate surface area is 137 Å². The van der Waals surface area contributed by atoms with Crippen LogP contribution in [0.1, 0.15) is 36.5 Å². The molecule has 0 saturated carbocycles. The molecule has 0 bridgehead atoms. The van der Waals surface area contributed by atoms with Gasteiger partial charge in [0.15, 0.2) is 0 Å². The SMILES string of the molecule is CC(=O)Nc1ccc(C(=O)NCCC2CCCNC2)cc1.Cl. The van der Waals surface area contributed by atoms with Crippen LogP contribution in [0.2, 0.25) is 0 Å². The van der Waals surface area contributed by atoms with Gasteiger partial charge in [0.2, 0.25) is 5.91 Å². The van der Waals surface area contributed by atoms with Gasteiger partial charge in [-0.25, -0.2) is 0 Å². The van der Waals surface area contributed by atoms with E-state index in [0.717, 1.165) is 19.5 Å². The average Bonchev–Trinajstić information content (AvgIpc) is 2.48. The maximum atomic E-state index is 12.0. The number of hydrogen-bond donors (Lipinski definition) is 3. The first-order valence-corrected chi connectivity index (χ1v) is 7.52. The largest absolute Gasteiger partial charge is 0.352 e. The zero-order valence-electron chi connectivity index (χ0n) is 12.9. The van der Waals surface area contributed by atoms with Crippen molar-refractivity contribution in [2.45, 2.75) is 26.2 Å². The second kappa shape index (κ2) is 9.43. The smallest absolute Gasteiger partial charge is 0.251 e. The summed E-state index contributed by atoms with van der Waals surface area (Å²) in [5.74, 6) is 0.489. The Kier molecular flexibility index (Phi) is 7.91. The molecule has 1 atom stereocenters. The van der Waals surface area contributed by atoms with E-state index in [-0.39, 0.29) is 24.2 Å². The van der Waals surface area contributed by atoms with Crippen molar-refractivity contribution in [2.24, 2.45) is 5.92 Å². The van der Waals surface area contributed by atoms with Crippen molar-refractivity contribution in [3.05, 3.63) is 29.8 Å². The van der Waals surface area contributed by atoms with E-state index >= 15 is 0 Å². The van der Waals surface area contributed by atoms with Crippen LogP contribution in [0.25, 0.3) is 0 Å². The summed E-state index contributed by atoms with van der Waals surface area (Å²) in [4.78, 5) is 22.9. The molecule has 122 valence electrons. The van der Waals surface area contributed by atoms with Gasteiger partial charge >= 0.3 is 0 Å². The van der Waals surface area contributed by atoms with Gasteiger partial charge in [-0.1, -0.05) is 0 Å². The van der Waals surface area contributed by atoms with Crippen LogP contribution in [0.5, 0.6) is 0 Å². The first-order chi connectivity index (χ1) is 10.1. The Hall–Kier alpha value is -1.59. The molecule has 22 heavy (non-hydrogen) atoms. The zero-order valence-corrected chi connectivity index (χ0v) is 13.7. The number of piperidine rings is 1. The monoisotopic (exact) mass is 325 g/mol. The number of amides is 2. The highest BCUT2D eigenvalue weighted by Crippen LogP contribution is 2.13. The van der Waals surface area contributed by atoms with E-state index < -0.39 is 0 Å².